The fourth-order valence-corrected chi connectivity index (χ4v) is 1.69. The fraction of sp³-hybridized carbons (Fsp3) is 0.455. The summed E-state index contributed by atoms with van der Waals surface area (Å²) in [6.45, 7) is 0.619. The number of alkyl halides is 2. The smallest absolute Gasteiger partial charge is 0.264 e. The van der Waals surface area contributed by atoms with E-state index in [1.54, 1.807) is 0 Å². The van der Waals surface area contributed by atoms with Crippen LogP contribution in [0.4, 0.5) is 8.78 Å². The van der Waals surface area contributed by atoms with E-state index in [4.69, 9.17) is 14.6 Å². The van der Waals surface area contributed by atoms with Crippen LogP contribution in [0.3, 0.4) is 0 Å². The van der Waals surface area contributed by atoms with Crippen LogP contribution in [0.1, 0.15) is 17.6 Å². The lowest BCUT2D eigenvalue weighted by Gasteiger charge is -2.20. The van der Waals surface area contributed by atoms with Crippen molar-refractivity contribution in [2.75, 3.05) is 19.8 Å². The number of hydrogen-bond acceptors (Lipinski definition) is 3. The largest absolute Gasteiger partial charge is 0.486 e. The molecule has 88 valence electrons. The van der Waals surface area contributed by atoms with Crippen molar-refractivity contribution in [1.82, 2.24) is 0 Å². The minimum Gasteiger partial charge on any atom is -0.486 e. The summed E-state index contributed by atoms with van der Waals surface area (Å²) in [7, 11) is 0. The summed E-state index contributed by atoms with van der Waals surface area (Å²) in [6, 6.07) is 2.82. The van der Waals surface area contributed by atoms with Crippen molar-refractivity contribution in [3.63, 3.8) is 0 Å². The van der Waals surface area contributed by atoms with Gasteiger partial charge in [-0.15, -0.1) is 0 Å². The van der Waals surface area contributed by atoms with Crippen molar-refractivity contribution >= 4 is 0 Å². The average molecular weight is 230 g/mol. The monoisotopic (exact) mass is 230 g/mol. The first-order chi connectivity index (χ1) is 7.72. The molecule has 1 aliphatic heterocycles. The predicted octanol–water partition coefficient (Wildman–Crippen LogP) is 1.93. The van der Waals surface area contributed by atoms with Crippen molar-refractivity contribution < 1.29 is 23.4 Å². The van der Waals surface area contributed by atoms with E-state index in [2.05, 4.69) is 0 Å². The Morgan fingerprint density at radius 2 is 1.81 bits per heavy atom. The second kappa shape index (κ2) is 4.65. The number of aliphatic hydroxyl groups is 1. The van der Waals surface area contributed by atoms with Gasteiger partial charge in [-0.1, -0.05) is 0 Å². The standard InChI is InChI=1S/C11H12F2O3/c12-11(13)8-6-10-9(15-3-4-16-10)5-7(8)1-2-14/h5-6,11,14H,1-4H2. The molecule has 3 nitrogen and oxygen atoms in total. The molecule has 0 aliphatic carbocycles. The Balaban J connectivity index is 2.41. The zero-order valence-electron chi connectivity index (χ0n) is 8.58. The van der Waals surface area contributed by atoms with Crippen molar-refractivity contribution in [2.24, 2.45) is 0 Å². The van der Waals surface area contributed by atoms with E-state index >= 15 is 0 Å². The van der Waals surface area contributed by atoms with Gasteiger partial charge in [0.2, 0.25) is 0 Å². The summed E-state index contributed by atoms with van der Waals surface area (Å²) in [6.07, 6.45) is -2.38. The second-order valence-corrected chi connectivity index (χ2v) is 3.47. The van der Waals surface area contributed by atoms with E-state index in [1.165, 1.54) is 12.1 Å². The van der Waals surface area contributed by atoms with Crippen LogP contribution in [0.5, 0.6) is 11.5 Å². The minimum atomic E-state index is -2.57. The summed E-state index contributed by atoms with van der Waals surface area (Å²) in [5.74, 6) is 0.822. The Morgan fingerprint density at radius 1 is 1.19 bits per heavy atom. The van der Waals surface area contributed by atoms with Crippen LogP contribution < -0.4 is 9.47 Å². The molecule has 16 heavy (non-hydrogen) atoms. The molecule has 1 aliphatic rings. The number of rotatable bonds is 3. The summed E-state index contributed by atoms with van der Waals surface area (Å²) >= 11 is 0. The summed E-state index contributed by atoms with van der Waals surface area (Å²) in [5.41, 5.74) is 0.306. The first-order valence-electron chi connectivity index (χ1n) is 5.04. The highest BCUT2D eigenvalue weighted by Crippen LogP contribution is 2.36. The lowest BCUT2D eigenvalue weighted by molar-refractivity contribution is 0.145. The molecule has 5 heteroatoms. The highest BCUT2D eigenvalue weighted by Gasteiger charge is 2.20. The molecule has 1 N–H and O–H groups in total. The molecule has 0 unspecified atom stereocenters. The molecule has 1 aromatic rings. The molecular weight excluding hydrogens is 218 g/mol. The van der Waals surface area contributed by atoms with Gasteiger partial charge in [0, 0.05) is 12.2 Å². The summed E-state index contributed by atoms with van der Waals surface area (Å²) < 4.78 is 36.0. The minimum absolute atomic E-state index is 0.0988. The molecule has 1 heterocycles. The zero-order valence-corrected chi connectivity index (χ0v) is 8.58. The van der Waals surface area contributed by atoms with E-state index in [0.29, 0.717) is 30.3 Å². The molecule has 0 fully saturated rings. The van der Waals surface area contributed by atoms with Gasteiger partial charge < -0.3 is 14.6 Å². The Bertz CT molecular complexity index is 380. The van der Waals surface area contributed by atoms with Crippen LogP contribution >= 0.6 is 0 Å². The number of benzene rings is 1. The topological polar surface area (TPSA) is 38.7 Å². The zero-order chi connectivity index (χ0) is 11.5. The third kappa shape index (κ3) is 2.09. The second-order valence-electron chi connectivity index (χ2n) is 3.47. The lowest BCUT2D eigenvalue weighted by atomic mass is 10.0. The average Bonchev–Trinajstić information content (AvgIpc) is 2.28. The maximum Gasteiger partial charge on any atom is 0.264 e. The van der Waals surface area contributed by atoms with Crippen LogP contribution in [0.15, 0.2) is 12.1 Å². The van der Waals surface area contributed by atoms with Gasteiger partial charge in [0.15, 0.2) is 11.5 Å². The van der Waals surface area contributed by atoms with E-state index in [1.807, 2.05) is 0 Å². The van der Waals surface area contributed by atoms with Gasteiger partial charge in [0.1, 0.15) is 13.2 Å². The number of fused-ring (bicyclic) bond motifs is 1. The molecule has 0 saturated heterocycles. The maximum atomic E-state index is 12.7. The number of ether oxygens (including phenoxy) is 2. The first kappa shape index (κ1) is 11.1. The Labute approximate surface area is 91.6 Å². The number of halogens is 2. The van der Waals surface area contributed by atoms with Crippen LogP contribution in [0.25, 0.3) is 0 Å². The molecule has 0 spiro atoms. The third-order valence-corrected chi connectivity index (χ3v) is 2.42. The predicted molar refractivity (Wildman–Crippen MR) is 53.2 cm³/mol. The molecular formula is C11H12F2O3. The first-order valence-corrected chi connectivity index (χ1v) is 5.04. The van der Waals surface area contributed by atoms with Gasteiger partial charge in [-0.05, 0) is 24.1 Å². The Hall–Kier alpha value is -1.36. The molecule has 0 atom stereocenters. The molecule has 0 radical (unpaired) electrons. The highest BCUT2D eigenvalue weighted by molar-refractivity contribution is 5.48. The third-order valence-electron chi connectivity index (χ3n) is 2.42. The quantitative estimate of drug-likeness (QED) is 0.862. The molecule has 0 amide bonds. The van der Waals surface area contributed by atoms with Gasteiger partial charge >= 0.3 is 0 Å². The number of hydrogen-bond donors (Lipinski definition) is 1. The van der Waals surface area contributed by atoms with Crippen molar-refractivity contribution in [2.45, 2.75) is 12.8 Å². The van der Waals surface area contributed by atoms with Crippen LogP contribution in [-0.2, 0) is 6.42 Å². The van der Waals surface area contributed by atoms with E-state index < -0.39 is 6.43 Å². The van der Waals surface area contributed by atoms with E-state index in [-0.39, 0.29) is 18.6 Å². The molecule has 0 saturated carbocycles. The Morgan fingerprint density at radius 3 is 2.38 bits per heavy atom. The number of aliphatic hydroxyl groups excluding tert-OH is 1. The summed E-state index contributed by atoms with van der Waals surface area (Å²) in [5, 5.41) is 8.81. The lowest BCUT2D eigenvalue weighted by Crippen LogP contribution is -2.16. The molecule has 2 rings (SSSR count). The maximum absolute atomic E-state index is 12.7. The SMILES string of the molecule is OCCc1cc2c(cc1C(F)F)OCCO2. The van der Waals surface area contributed by atoms with Gasteiger partial charge in [0.05, 0.1) is 0 Å². The van der Waals surface area contributed by atoms with Crippen LogP contribution in [0.2, 0.25) is 0 Å². The normalized spacial score (nSPS) is 14.2. The fourth-order valence-electron chi connectivity index (χ4n) is 1.69. The van der Waals surface area contributed by atoms with E-state index in [9.17, 15) is 8.78 Å². The molecule has 1 aromatic carbocycles. The van der Waals surface area contributed by atoms with Gasteiger partial charge in [-0.2, -0.15) is 0 Å². The van der Waals surface area contributed by atoms with Gasteiger partial charge in [-0.25, -0.2) is 8.78 Å². The van der Waals surface area contributed by atoms with Crippen molar-refractivity contribution in [1.29, 1.82) is 0 Å². The molecule has 0 bridgehead atoms. The van der Waals surface area contributed by atoms with Gasteiger partial charge in [0.25, 0.3) is 6.43 Å². The van der Waals surface area contributed by atoms with Crippen LogP contribution in [-0.4, -0.2) is 24.9 Å². The highest BCUT2D eigenvalue weighted by atomic mass is 19.3. The van der Waals surface area contributed by atoms with Gasteiger partial charge in [-0.3, -0.25) is 0 Å². The summed E-state index contributed by atoms with van der Waals surface area (Å²) in [4.78, 5) is 0. The van der Waals surface area contributed by atoms with Crippen molar-refractivity contribution in [3.8, 4) is 11.5 Å². The van der Waals surface area contributed by atoms with E-state index in [0.717, 1.165) is 0 Å². The Kier molecular flexibility index (Phi) is 3.24. The van der Waals surface area contributed by atoms with Crippen molar-refractivity contribution in [3.05, 3.63) is 23.3 Å². The molecule has 0 aromatic heterocycles. The van der Waals surface area contributed by atoms with Crippen LogP contribution in [0, 0.1) is 0 Å².